The average molecular weight is 502 g/mol. The Balaban J connectivity index is 1.14. The zero-order valence-electron chi connectivity index (χ0n) is 18.2. The van der Waals surface area contributed by atoms with Crippen LogP contribution in [0.3, 0.4) is 0 Å². The molecule has 180 valence electrons. The van der Waals surface area contributed by atoms with Gasteiger partial charge < -0.3 is 4.74 Å². The maximum absolute atomic E-state index is 13.2. The lowest BCUT2D eigenvalue weighted by Crippen LogP contribution is -2.40. The Morgan fingerprint density at radius 3 is 2.14 bits per heavy atom. The predicted octanol–water partition coefficient (Wildman–Crippen LogP) is 5.18. The minimum absolute atomic E-state index is 0.135. The van der Waals surface area contributed by atoms with Crippen LogP contribution in [0.4, 0.5) is 18.9 Å². The lowest BCUT2D eigenvalue weighted by molar-refractivity contribution is -0.137. The Bertz CT molecular complexity index is 1250. The third kappa shape index (κ3) is 3.49. The Labute approximate surface area is 203 Å². The van der Waals surface area contributed by atoms with Crippen LogP contribution in [0, 0.1) is 35.5 Å². The molecule has 2 bridgehead atoms. The number of alkyl halides is 3. The van der Waals surface area contributed by atoms with E-state index in [1.54, 1.807) is 12.1 Å². The Morgan fingerprint density at radius 1 is 0.971 bits per heavy atom. The van der Waals surface area contributed by atoms with Crippen molar-refractivity contribution in [3.63, 3.8) is 0 Å². The summed E-state index contributed by atoms with van der Waals surface area (Å²) in [4.78, 5) is 40.0. The van der Waals surface area contributed by atoms with Gasteiger partial charge in [0.1, 0.15) is 5.75 Å². The molecular weight excluding hydrogens is 483 g/mol. The number of rotatable bonds is 5. The largest absolute Gasteiger partial charge is 0.485 e. The monoisotopic (exact) mass is 501 g/mol. The number of carbonyl (C=O) groups excluding carboxylic acids is 3. The highest BCUT2D eigenvalue weighted by Gasteiger charge is 2.67. The Morgan fingerprint density at radius 2 is 1.57 bits per heavy atom. The molecule has 9 heteroatoms. The number of imide groups is 1. The molecule has 2 aromatic carbocycles. The predicted molar refractivity (Wildman–Crippen MR) is 120 cm³/mol. The number of ether oxygens (including phenoxy) is 1. The molecule has 2 amide bonds. The molecule has 4 aliphatic carbocycles. The quantitative estimate of drug-likeness (QED) is 0.322. The molecule has 7 rings (SSSR count). The van der Waals surface area contributed by atoms with Crippen molar-refractivity contribution in [3.05, 3.63) is 70.8 Å². The van der Waals surface area contributed by atoms with Crippen LogP contribution in [0.2, 0.25) is 5.02 Å². The number of hydrogen-bond acceptors (Lipinski definition) is 4. The lowest BCUT2D eigenvalue weighted by Gasteiger charge is -2.37. The molecule has 4 unspecified atom stereocenters. The van der Waals surface area contributed by atoms with Crippen LogP contribution >= 0.6 is 11.6 Å². The highest BCUT2D eigenvalue weighted by atomic mass is 35.5. The van der Waals surface area contributed by atoms with Gasteiger partial charge in [0, 0.05) is 5.56 Å². The molecule has 0 spiro atoms. The van der Waals surface area contributed by atoms with E-state index < -0.39 is 29.2 Å². The van der Waals surface area contributed by atoms with Gasteiger partial charge in [0.15, 0.2) is 12.4 Å². The van der Waals surface area contributed by atoms with Crippen molar-refractivity contribution < 1.29 is 32.3 Å². The van der Waals surface area contributed by atoms with Gasteiger partial charge in [0.25, 0.3) is 0 Å². The first-order chi connectivity index (χ1) is 16.6. The van der Waals surface area contributed by atoms with E-state index in [0.717, 1.165) is 12.5 Å². The number of hydrogen-bond donors (Lipinski definition) is 0. The topological polar surface area (TPSA) is 63.7 Å². The van der Waals surface area contributed by atoms with Gasteiger partial charge in [-0.3, -0.25) is 19.3 Å². The number of allylic oxidation sites excluding steroid dienone is 2. The molecule has 1 aliphatic heterocycles. The third-order valence-corrected chi connectivity index (χ3v) is 8.05. The molecule has 2 aromatic rings. The van der Waals surface area contributed by atoms with Crippen molar-refractivity contribution in [1.29, 1.82) is 0 Å². The van der Waals surface area contributed by atoms with Gasteiger partial charge in [-0.2, -0.15) is 13.2 Å². The van der Waals surface area contributed by atoms with E-state index in [-0.39, 0.29) is 46.8 Å². The van der Waals surface area contributed by atoms with Crippen LogP contribution in [0.5, 0.6) is 5.75 Å². The zero-order valence-corrected chi connectivity index (χ0v) is 18.9. The number of halogens is 4. The number of anilines is 1. The van der Waals surface area contributed by atoms with Crippen LogP contribution in [-0.2, 0) is 15.8 Å². The number of carbonyl (C=O) groups is 3. The molecule has 0 radical (unpaired) electrons. The van der Waals surface area contributed by atoms with Crippen LogP contribution < -0.4 is 9.64 Å². The number of ketones is 1. The minimum atomic E-state index is -4.68. The van der Waals surface area contributed by atoms with Gasteiger partial charge >= 0.3 is 6.18 Å². The van der Waals surface area contributed by atoms with Crippen molar-refractivity contribution in [3.8, 4) is 5.75 Å². The summed E-state index contributed by atoms with van der Waals surface area (Å²) in [6.45, 7) is -0.484. The maximum Gasteiger partial charge on any atom is 0.417 e. The highest BCUT2D eigenvalue weighted by molar-refractivity contribution is 6.31. The van der Waals surface area contributed by atoms with Crippen LogP contribution in [0.25, 0.3) is 0 Å². The van der Waals surface area contributed by atoms with Crippen LogP contribution in [-0.4, -0.2) is 24.2 Å². The van der Waals surface area contributed by atoms with E-state index in [1.807, 2.05) is 0 Å². The Hall–Kier alpha value is -3.13. The van der Waals surface area contributed by atoms with Crippen molar-refractivity contribution >= 4 is 34.9 Å². The fraction of sp³-hybridized carbons (Fsp3) is 0.346. The maximum atomic E-state index is 13.2. The van der Waals surface area contributed by atoms with E-state index in [4.69, 9.17) is 16.3 Å². The molecule has 3 fully saturated rings. The molecular formula is C26H19ClF3NO4. The summed E-state index contributed by atoms with van der Waals surface area (Å²) in [5, 5.41) is -0.489. The molecule has 2 saturated carbocycles. The van der Waals surface area contributed by atoms with Gasteiger partial charge in [-0.15, -0.1) is 0 Å². The van der Waals surface area contributed by atoms with E-state index in [9.17, 15) is 27.6 Å². The van der Waals surface area contributed by atoms with E-state index in [0.29, 0.717) is 23.6 Å². The third-order valence-electron chi connectivity index (χ3n) is 7.72. The SMILES string of the molecule is O=C(COc1ccc(N2C(=O)C3C(C2=O)C2C=CC3[C@H]3C[C@@H]23)cc1)c1ccc(Cl)c(C(F)(F)F)c1. The van der Waals surface area contributed by atoms with Crippen molar-refractivity contribution in [2.45, 2.75) is 12.6 Å². The highest BCUT2D eigenvalue weighted by Crippen LogP contribution is 2.65. The molecule has 6 atom stereocenters. The number of Topliss-reactive ketones (excluding diaryl/α,β-unsaturated/α-hetero) is 1. The number of amides is 2. The second-order valence-electron chi connectivity index (χ2n) is 9.56. The lowest BCUT2D eigenvalue weighted by atomic mass is 9.63. The fourth-order valence-corrected chi connectivity index (χ4v) is 6.28. The summed E-state index contributed by atoms with van der Waals surface area (Å²) in [7, 11) is 0. The van der Waals surface area contributed by atoms with Gasteiger partial charge in [-0.1, -0.05) is 23.8 Å². The normalized spacial score (nSPS) is 30.3. The minimum Gasteiger partial charge on any atom is -0.485 e. The Kier molecular flexibility index (Phi) is 4.90. The van der Waals surface area contributed by atoms with E-state index in [2.05, 4.69) is 12.2 Å². The van der Waals surface area contributed by atoms with Gasteiger partial charge in [0.05, 0.1) is 28.1 Å². The molecule has 0 N–H and O–H groups in total. The molecule has 1 saturated heterocycles. The first-order valence-electron chi connectivity index (χ1n) is 11.3. The first-order valence-corrected chi connectivity index (χ1v) is 11.7. The molecule has 35 heavy (non-hydrogen) atoms. The van der Waals surface area contributed by atoms with Crippen molar-refractivity contribution in [2.24, 2.45) is 35.5 Å². The van der Waals surface area contributed by atoms with Crippen molar-refractivity contribution in [1.82, 2.24) is 0 Å². The molecule has 5 aliphatic rings. The second kappa shape index (κ2) is 7.68. The summed E-state index contributed by atoms with van der Waals surface area (Å²) in [6.07, 6.45) is 0.637. The second-order valence-corrected chi connectivity index (χ2v) is 9.97. The van der Waals surface area contributed by atoms with Crippen LogP contribution in [0.15, 0.2) is 54.6 Å². The summed E-state index contributed by atoms with van der Waals surface area (Å²) >= 11 is 5.60. The standard InChI is InChI=1S/C26H19ClF3NO4/c27-20-8-1-12(9-19(20)26(28,29)30)21(32)11-35-14-4-2-13(3-5-14)31-24(33)22-15-6-7-16(18-10-17(15)18)23(22)25(31)34/h1-9,15-18,22-23H,10-11H2/t15?,16?,17-,18+,22?,23?. The smallest absolute Gasteiger partial charge is 0.417 e. The fourth-order valence-electron chi connectivity index (χ4n) is 6.05. The molecule has 0 aromatic heterocycles. The molecule has 1 heterocycles. The summed E-state index contributed by atoms with van der Waals surface area (Å²) in [5.41, 5.74) is -0.819. The number of benzene rings is 2. The number of nitrogens with zero attached hydrogens (tertiary/aromatic N) is 1. The zero-order chi connectivity index (χ0) is 24.6. The first kappa shape index (κ1) is 22.3. The van der Waals surface area contributed by atoms with E-state index >= 15 is 0 Å². The molecule has 5 nitrogen and oxygen atoms in total. The van der Waals surface area contributed by atoms with E-state index in [1.165, 1.54) is 23.1 Å². The van der Waals surface area contributed by atoms with Gasteiger partial charge in [-0.05, 0) is 72.6 Å². The van der Waals surface area contributed by atoms with Crippen molar-refractivity contribution in [2.75, 3.05) is 11.5 Å². The summed E-state index contributed by atoms with van der Waals surface area (Å²) in [5.74, 6) is 0.0122. The van der Waals surface area contributed by atoms with Crippen LogP contribution in [0.1, 0.15) is 22.3 Å². The van der Waals surface area contributed by atoms with Gasteiger partial charge in [-0.25, -0.2) is 0 Å². The summed E-state index contributed by atoms with van der Waals surface area (Å²) in [6, 6.07) is 9.14. The average Bonchev–Trinajstić information content (AvgIpc) is 3.61. The summed E-state index contributed by atoms with van der Waals surface area (Å²) < 4.78 is 44.6. The van der Waals surface area contributed by atoms with Gasteiger partial charge in [0.2, 0.25) is 11.8 Å².